The monoisotopic (exact) mass is 1660 g/mol. The molecule has 8 aromatic carbocycles. The predicted octanol–water partition coefficient (Wildman–Crippen LogP) is 7.23. The second kappa shape index (κ2) is 33.9. The third-order valence-corrected chi connectivity index (χ3v) is 20.2. The van der Waals surface area contributed by atoms with E-state index in [1.807, 2.05) is 12.1 Å². The summed E-state index contributed by atoms with van der Waals surface area (Å²) in [5, 5.41) is 29.1. The van der Waals surface area contributed by atoms with Gasteiger partial charge in [-0.3, -0.25) is 59.6 Å². The summed E-state index contributed by atoms with van der Waals surface area (Å²) in [6.07, 6.45) is 0. The minimum absolute atomic E-state index is 0.0124. The molecule has 8 N–H and O–H groups in total. The van der Waals surface area contributed by atoms with Gasteiger partial charge < -0.3 is 59.8 Å². The van der Waals surface area contributed by atoms with Gasteiger partial charge in [0.25, 0.3) is 47.3 Å². The number of benzene rings is 8. The van der Waals surface area contributed by atoms with Crippen LogP contribution in [-0.4, -0.2) is 168 Å². The average molecular weight is 1670 g/mol. The summed E-state index contributed by atoms with van der Waals surface area (Å²) in [5.74, 6) is 18.9. The van der Waals surface area contributed by atoms with Crippen molar-refractivity contribution in [2.75, 3.05) is 54.6 Å². The van der Waals surface area contributed by atoms with Gasteiger partial charge in [0, 0.05) is 91.8 Å². The van der Waals surface area contributed by atoms with Gasteiger partial charge in [-0.15, -0.1) is 0 Å². The summed E-state index contributed by atoms with van der Waals surface area (Å²) in [7, 11) is 6.04. The summed E-state index contributed by atoms with van der Waals surface area (Å²) in [4.78, 5) is 155. The Morgan fingerprint density at radius 3 is 0.908 bits per heavy atom. The van der Waals surface area contributed by atoms with Gasteiger partial charge in [-0.2, -0.15) is 5.26 Å². The van der Waals surface area contributed by atoms with Crippen LogP contribution < -0.4 is 61.5 Å². The molecular weight excluding hydrogens is 1600 g/mol. The van der Waals surface area contributed by atoms with Crippen molar-refractivity contribution in [3.63, 3.8) is 0 Å². The lowest BCUT2D eigenvalue weighted by Gasteiger charge is -2.26. The molecule has 16 amide bonds. The highest BCUT2D eigenvalue weighted by Gasteiger charge is 2.53. The number of hydrogen-bond donors (Lipinski definition) is 8. The Morgan fingerprint density at radius 2 is 0.622 bits per heavy atom. The molecule has 29 nitrogen and oxygen atoms in total. The maximum Gasteiger partial charge on any atom is 0.323 e. The number of halogens is 5. The zero-order chi connectivity index (χ0) is 84.8. The molecule has 4 atom stereocenters. The molecule has 8 heterocycles. The van der Waals surface area contributed by atoms with E-state index in [0.29, 0.717) is 95.2 Å². The zero-order valence-corrected chi connectivity index (χ0v) is 65.1. The molecular formula is C85H62Cl3F2N13O16. The van der Waals surface area contributed by atoms with Crippen LogP contribution in [0.2, 0.25) is 15.1 Å². The maximum atomic E-state index is 13.4. The Balaban J connectivity index is 0.000000137. The highest BCUT2D eigenvalue weighted by atomic mass is 35.5. The minimum atomic E-state index is -1.76. The number of ether oxygens (including phenoxy) is 4. The topological polar surface area (TPSA) is 375 Å². The molecule has 0 unspecified atom stereocenters. The molecule has 0 radical (unpaired) electrons. The van der Waals surface area contributed by atoms with Crippen LogP contribution in [0.1, 0.15) is 91.5 Å². The van der Waals surface area contributed by atoms with Crippen LogP contribution in [0.25, 0.3) is 0 Å². The lowest BCUT2D eigenvalue weighted by Crippen LogP contribution is -2.54. The number of nitrogens with one attached hydrogen (secondary N) is 8. The van der Waals surface area contributed by atoms with E-state index in [0.717, 1.165) is 34.4 Å². The molecule has 34 heteroatoms. The minimum Gasteiger partial charge on any atom is -0.497 e. The average Bonchev–Trinajstić information content (AvgIpc) is 1.64. The number of nitrogens with zero attached hydrogens (tertiary/aromatic N) is 5. The summed E-state index contributed by atoms with van der Waals surface area (Å²) in [6.45, 7) is 0.510. The highest BCUT2D eigenvalue weighted by Crippen LogP contribution is 2.34. The molecule has 4 saturated heterocycles. The van der Waals surface area contributed by atoms with Crippen LogP contribution in [0, 0.1) is 70.3 Å². The molecule has 8 aliphatic rings. The van der Waals surface area contributed by atoms with Gasteiger partial charge >= 0.3 is 24.1 Å². The van der Waals surface area contributed by atoms with E-state index in [1.54, 1.807) is 133 Å². The van der Waals surface area contributed by atoms with E-state index >= 15 is 0 Å². The van der Waals surface area contributed by atoms with E-state index in [1.165, 1.54) is 48.0 Å². The van der Waals surface area contributed by atoms with Crippen molar-refractivity contribution in [2.45, 2.75) is 48.3 Å². The van der Waals surface area contributed by atoms with Crippen LogP contribution in [0.4, 0.5) is 28.0 Å². The number of carbonyl (C=O) groups excluding carboxylic acids is 12. The quantitative estimate of drug-likeness (QED) is 0.0441. The smallest absolute Gasteiger partial charge is 0.323 e. The van der Waals surface area contributed by atoms with Gasteiger partial charge in [0.1, 0.15) is 34.6 Å². The molecule has 4 fully saturated rings. The van der Waals surface area contributed by atoms with Crippen LogP contribution >= 0.6 is 34.8 Å². The number of nitriles is 1. The number of amides is 16. The van der Waals surface area contributed by atoms with Crippen molar-refractivity contribution in [2.24, 2.45) is 0 Å². The van der Waals surface area contributed by atoms with Crippen molar-refractivity contribution in [3.05, 3.63) is 257 Å². The molecule has 598 valence electrons. The van der Waals surface area contributed by atoms with Gasteiger partial charge in [0.15, 0.2) is 0 Å². The largest absolute Gasteiger partial charge is 0.497 e. The molecule has 8 aromatic rings. The Hall–Kier alpha value is -14.9. The fraction of sp³-hybridized carbons (Fsp3) is 0.188. The number of hydrogen-bond acceptors (Lipinski definition) is 17. The van der Waals surface area contributed by atoms with Crippen LogP contribution in [0.5, 0.6) is 23.0 Å². The van der Waals surface area contributed by atoms with E-state index in [9.17, 15) is 66.3 Å². The third kappa shape index (κ3) is 17.8. The second-order valence-electron chi connectivity index (χ2n) is 27.5. The van der Waals surface area contributed by atoms with Crippen LogP contribution in [-0.2, 0) is 45.4 Å². The Labute approximate surface area is 691 Å². The number of urea groups is 4. The first-order chi connectivity index (χ1) is 56.9. The van der Waals surface area contributed by atoms with Crippen molar-refractivity contribution in [1.29, 1.82) is 5.26 Å². The van der Waals surface area contributed by atoms with E-state index in [2.05, 4.69) is 89.9 Å². The number of carbonyl (C=O) groups is 12. The van der Waals surface area contributed by atoms with Gasteiger partial charge in [-0.1, -0.05) is 119 Å². The molecule has 0 saturated carbocycles. The Bertz CT molecular complexity index is 5840. The van der Waals surface area contributed by atoms with Crippen molar-refractivity contribution in [1.82, 2.24) is 62.1 Å². The van der Waals surface area contributed by atoms with Gasteiger partial charge in [0.05, 0.1) is 66.3 Å². The summed E-state index contributed by atoms with van der Waals surface area (Å²) < 4.78 is 47.5. The first-order valence-electron chi connectivity index (χ1n) is 35.6. The molecule has 0 aromatic heterocycles. The lowest BCUT2D eigenvalue weighted by molar-refractivity contribution is -0.123. The zero-order valence-electron chi connectivity index (χ0n) is 62.8. The number of rotatable bonds is 12. The highest BCUT2D eigenvalue weighted by molar-refractivity contribution is 6.35. The molecule has 0 spiro atoms. The van der Waals surface area contributed by atoms with Gasteiger partial charge in [-0.25, -0.2) is 28.0 Å². The van der Waals surface area contributed by atoms with Gasteiger partial charge in [0.2, 0.25) is 22.2 Å². The Kier molecular flexibility index (Phi) is 23.3. The number of imide groups is 4. The van der Waals surface area contributed by atoms with Crippen molar-refractivity contribution < 1.29 is 85.3 Å². The molecule has 8 aliphatic heterocycles. The SMILES string of the molecule is COc1ccc2c(c1)C(=O)N(C[C@@]1(C#Cc3cc(Cl)cc(Cl)c3)NC(=O)NC1=O)C2.COc1ccc2c(c1)C(=O)N(C[C@@]1(C#Cc3cc(F)cc(F)c3)NC(=O)NC1=O)C2.COc1ccc2c(c1)C(=O)N(C[C@@]1(C#Cc3cccc(C#N)c3)NC(=O)NC1=O)C2.COc1ccc2c(c1)C(=O)N(C[C@@]1(C#Cc3cccc(Cl)c3)NC(=O)NC1=O)C2. The predicted molar refractivity (Wildman–Crippen MR) is 422 cm³/mol. The number of methoxy groups -OCH3 is 4. The number of fused-ring (bicyclic) bond motifs is 4. The fourth-order valence-corrected chi connectivity index (χ4v) is 14.4. The van der Waals surface area contributed by atoms with E-state index < -0.39 is 81.5 Å². The maximum absolute atomic E-state index is 13.4. The first-order valence-corrected chi connectivity index (χ1v) is 36.8. The van der Waals surface area contributed by atoms with Crippen LogP contribution in [0.15, 0.2) is 158 Å². The summed E-state index contributed by atoms with van der Waals surface area (Å²) in [5.41, 5.74) is 0.546. The summed E-state index contributed by atoms with van der Waals surface area (Å²) in [6, 6.07) is 40.8. The Morgan fingerprint density at radius 1 is 0.345 bits per heavy atom. The van der Waals surface area contributed by atoms with Crippen molar-refractivity contribution in [3.8, 4) is 76.4 Å². The second-order valence-corrected chi connectivity index (χ2v) is 28.8. The van der Waals surface area contributed by atoms with Crippen molar-refractivity contribution >= 4 is 106 Å². The molecule has 119 heavy (non-hydrogen) atoms. The van der Waals surface area contributed by atoms with Gasteiger partial charge in [-0.05, 0) is 138 Å². The lowest BCUT2D eigenvalue weighted by atomic mass is 9.99. The molecule has 16 rings (SSSR count). The standard InChI is InChI=1S/C22H16N4O4.C21H15Cl2N3O4.C21H16ClN3O4.C21H15F2N3O4/c1-30-17-6-5-16-12-26(19(27)18(16)10-17)13-22(20(28)24-21(29)25-22)8-7-14-3-2-4-15(9-14)11-23;1-30-16-3-2-13-10-26(18(27)17(13)9-16)11-21(19(28)24-20(29)25-21)5-4-12-6-14(22)8-15(23)7-12;1-29-16-6-5-14-11-25(18(26)17(14)10-16)12-21(19(27)23-20(28)24-21)8-7-13-3-2-4-15(22)9-13;1-30-16-3-2-13-10-26(18(27)17(13)9-16)11-21(19(28)24-20(29)25-21)5-4-12-6-14(22)8-15(23)7-12/h2-6,9-10H,12-13H2,1H3,(H2,24,25,28,29);2-3,6-9H,10-11H2,1H3,(H2,24,25,28,29);2-6,9-10H,11-12H2,1H3,(H2,23,24,27,28);2-3,6-9H,10-11H2,1H3,(H2,24,25,28,29)/t22-;3*21-/m1111/s1. The first kappa shape index (κ1) is 82.1. The fourth-order valence-electron chi connectivity index (χ4n) is 13.6. The normalized spacial score (nSPS) is 19.7. The van der Waals surface area contributed by atoms with E-state index in [-0.39, 0.29) is 75.0 Å². The van der Waals surface area contributed by atoms with E-state index in [4.69, 9.17) is 59.0 Å². The molecule has 0 bridgehead atoms. The molecule has 0 aliphatic carbocycles. The van der Waals surface area contributed by atoms with Crippen LogP contribution in [0.3, 0.4) is 0 Å². The summed E-state index contributed by atoms with van der Waals surface area (Å²) >= 11 is 18.0. The third-order valence-electron chi connectivity index (χ3n) is 19.5.